The molecule has 0 radical (unpaired) electrons. The van der Waals surface area contributed by atoms with Gasteiger partial charge < -0.3 is 99.2 Å². The molecule has 1 aliphatic carbocycles. The van der Waals surface area contributed by atoms with Crippen molar-refractivity contribution in [3.8, 4) is 11.4 Å². The topological polar surface area (TPSA) is 431 Å². The number of hydrogen-bond donors (Lipinski definition) is 8. The summed E-state index contributed by atoms with van der Waals surface area (Å²) in [4.78, 5) is 116. The van der Waals surface area contributed by atoms with Gasteiger partial charge in [0.2, 0.25) is 23.6 Å². The lowest BCUT2D eigenvalue weighted by Gasteiger charge is -2.31. The van der Waals surface area contributed by atoms with E-state index in [1.165, 1.54) is 10.6 Å². The number of alkyl carbamates (subject to hydrolysis) is 1. The highest BCUT2D eigenvalue weighted by Gasteiger charge is 2.46. The number of nitrogens with zero attached hydrogens (tertiary/aromatic N) is 5. The van der Waals surface area contributed by atoms with Gasteiger partial charge in [0.25, 0.3) is 5.56 Å². The van der Waals surface area contributed by atoms with Crippen molar-refractivity contribution < 1.29 is 100 Å². The molecule has 0 saturated carbocycles. The Morgan fingerprint density at radius 2 is 1.29 bits per heavy atom. The van der Waals surface area contributed by atoms with Crippen LogP contribution in [0.4, 0.5) is 14.9 Å². The first-order valence-electron chi connectivity index (χ1n) is 35.7. The summed E-state index contributed by atoms with van der Waals surface area (Å²) in [5.41, 5.74) is 16.7. The number of anilines is 1. The van der Waals surface area contributed by atoms with Gasteiger partial charge in [0.15, 0.2) is 5.60 Å². The zero-order valence-electron chi connectivity index (χ0n) is 59.8. The Morgan fingerprint density at radius 3 is 1.88 bits per heavy atom. The second-order valence-electron chi connectivity index (χ2n) is 25.2. The van der Waals surface area contributed by atoms with Gasteiger partial charge in [0.1, 0.15) is 37.2 Å². The summed E-state index contributed by atoms with van der Waals surface area (Å²) in [7, 11) is 0. The quantitative estimate of drug-likeness (QED) is 0.00826. The molecule has 576 valence electrons. The van der Waals surface area contributed by atoms with Crippen molar-refractivity contribution in [1.29, 1.82) is 0 Å². The normalized spacial score (nSPS) is 15.6. The maximum atomic E-state index is 15.5. The largest absolute Gasteiger partial charge is 0.481 e. The fourth-order valence-electron chi connectivity index (χ4n) is 12.3. The smallest absolute Gasteiger partial charge is 0.407 e. The number of azide groups is 1. The number of fused-ring (bicyclic) bond motifs is 5. The van der Waals surface area contributed by atoms with Crippen LogP contribution in [0.2, 0.25) is 0 Å². The lowest BCUT2D eigenvalue weighted by Crippen LogP contribution is -2.57. The number of carboxylic acid groups (broad SMARTS) is 1. The molecule has 3 aliphatic rings. The molecule has 9 N–H and O–H groups in total. The van der Waals surface area contributed by atoms with Crippen LogP contribution in [0, 0.1) is 12.7 Å². The van der Waals surface area contributed by atoms with Gasteiger partial charge in [-0.15, -0.1) is 0 Å². The summed E-state index contributed by atoms with van der Waals surface area (Å²) in [6, 6.07) is 13.7. The first-order valence-corrected chi connectivity index (χ1v) is 35.7. The molecule has 2 aromatic heterocycles. The number of halogens is 1. The molecular weight excluding hydrogens is 1390 g/mol. The maximum Gasteiger partial charge on any atom is 0.407 e. The number of hydrogen-bond acceptors (Lipinski definition) is 23. The number of aliphatic carboxylic acids is 1. The first kappa shape index (κ1) is 82.6. The molecule has 4 heterocycles. The van der Waals surface area contributed by atoms with Crippen molar-refractivity contribution in [1.82, 2.24) is 30.8 Å². The highest BCUT2D eigenvalue weighted by atomic mass is 19.1. The van der Waals surface area contributed by atoms with E-state index in [4.69, 9.17) is 68.4 Å². The average molecular weight is 1480 g/mol. The van der Waals surface area contributed by atoms with E-state index in [2.05, 4.69) is 36.6 Å². The monoisotopic (exact) mass is 1480 g/mol. The first-order chi connectivity index (χ1) is 51.4. The number of rotatable bonds is 50. The van der Waals surface area contributed by atoms with E-state index in [1.807, 2.05) is 0 Å². The van der Waals surface area contributed by atoms with E-state index < -0.39 is 89.2 Å². The summed E-state index contributed by atoms with van der Waals surface area (Å²) in [5.74, 6) is -5.32. The van der Waals surface area contributed by atoms with Gasteiger partial charge in [0, 0.05) is 59.0 Å². The number of amides is 5. The summed E-state index contributed by atoms with van der Waals surface area (Å²) in [6.45, 7) is 9.54. The lowest BCUT2D eigenvalue weighted by molar-refractivity contribution is -0.172. The van der Waals surface area contributed by atoms with Gasteiger partial charge in [-0.1, -0.05) is 54.5 Å². The third-order valence-electron chi connectivity index (χ3n) is 17.9. The van der Waals surface area contributed by atoms with Crippen LogP contribution >= 0.6 is 0 Å². The summed E-state index contributed by atoms with van der Waals surface area (Å²) >= 11 is 0. The molecule has 32 nitrogen and oxygen atoms in total. The van der Waals surface area contributed by atoms with Crippen LogP contribution < -0.4 is 37.9 Å². The van der Waals surface area contributed by atoms with E-state index in [0.29, 0.717) is 181 Å². The van der Waals surface area contributed by atoms with E-state index in [-0.39, 0.29) is 96.0 Å². The number of cyclic esters (lactones) is 1. The minimum Gasteiger partial charge on any atom is -0.481 e. The highest BCUT2D eigenvalue weighted by molar-refractivity contribution is 5.99. The van der Waals surface area contributed by atoms with E-state index in [0.717, 1.165) is 5.56 Å². The van der Waals surface area contributed by atoms with Crippen LogP contribution in [0.5, 0.6) is 0 Å². The van der Waals surface area contributed by atoms with Crippen LogP contribution in [-0.4, -0.2) is 212 Å². The molecule has 8 rings (SSSR count). The van der Waals surface area contributed by atoms with Crippen molar-refractivity contribution in [2.24, 2.45) is 10.8 Å². The van der Waals surface area contributed by atoms with Crippen LogP contribution in [0.15, 0.2) is 76.6 Å². The van der Waals surface area contributed by atoms with Gasteiger partial charge in [-0.05, 0) is 110 Å². The lowest BCUT2D eigenvalue weighted by atomic mass is 9.81. The molecule has 5 amide bonds. The van der Waals surface area contributed by atoms with Gasteiger partial charge in [-0.2, -0.15) is 0 Å². The molecule has 0 spiro atoms. The predicted octanol–water partition coefficient (Wildman–Crippen LogP) is 4.92. The molecule has 1 unspecified atom stereocenters. The fraction of sp³-hybridized carbons (Fsp3) is 0.548. The molecule has 5 aromatic rings. The molecule has 106 heavy (non-hydrogen) atoms. The van der Waals surface area contributed by atoms with Gasteiger partial charge >= 0.3 is 18.0 Å². The standard InChI is InChI=1S/C73H96FN11O21/c1-3-73(95)54-42-61-66-52(44-85(61)70(92)53(54)46-105-71(73)93)65-56(17-16-51-47(2)55(74)43-59(80-66)64(51)65)83-72(94)106-45-49-12-14-50(15-13-49)78-67(89)57(11-7-8-21-75)81-69(91)60(41-48-9-5-4-6-10-48)82-68(90)58(18-19-63(87)88)79-62(86)20-23-96-25-27-98-29-31-100-33-35-102-37-39-104-40-38-103-36-34-101-32-30-99-28-26-97-24-22-77-84-76/h4-6,9-10,12-15,42-43,56-58,60,95H,3,7-8,11,16-41,44-46,75H2,1-2H3,(H,78,89)(H,79,86)(H,81,91)(H,82,90)(H,83,94)(H,87,88)/t56-,57-,58?,60-,73-/m0/s1. The maximum absolute atomic E-state index is 15.5. The summed E-state index contributed by atoms with van der Waals surface area (Å²) in [5, 5.41) is 39.0. The van der Waals surface area contributed by atoms with E-state index in [9.17, 15) is 48.6 Å². The zero-order chi connectivity index (χ0) is 75.6. The molecule has 0 bridgehead atoms. The Bertz CT molecular complexity index is 3870. The second-order valence-corrected chi connectivity index (χ2v) is 25.2. The van der Waals surface area contributed by atoms with E-state index >= 15 is 4.39 Å². The van der Waals surface area contributed by atoms with Crippen LogP contribution in [-0.2, 0) is 119 Å². The van der Waals surface area contributed by atoms with Crippen molar-refractivity contribution in [3.05, 3.63) is 138 Å². The molecule has 33 heteroatoms. The van der Waals surface area contributed by atoms with E-state index in [1.54, 1.807) is 74.5 Å². The summed E-state index contributed by atoms with van der Waals surface area (Å²) < 4.78 is 77.3. The number of aryl methyl sites for hydroxylation is 1. The number of carbonyl (C=O) groups is 7. The molecule has 2 aliphatic heterocycles. The Labute approximate surface area is 612 Å². The van der Waals surface area contributed by atoms with Gasteiger partial charge in [-0.3, -0.25) is 28.8 Å². The number of ether oxygens (including phenoxy) is 11. The predicted molar refractivity (Wildman–Crippen MR) is 380 cm³/mol. The minimum atomic E-state index is -2.06. The van der Waals surface area contributed by atoms with Crippen molar-refractivity contribution in [2.75, 3.05) is 137 Å². The zero-order valence-corrected chi connectivity index (χ0v) is 59.8. The molecule has 0 saturated heterocycles. The Balaban J connectivity index is 0.753. The number of nitrogens with two attached hydrogens (primary N) is 1. The minimum absolute atomic E-state index is 0.0425. The molecular formula is C73H96FN11O21. The number of benzene rings is 3. The number of aliphatic hydroxyl groups is 1. The van der Waals surface area contributed by atoms with Crippen molar-refractivity contribution in [2.45, 2.75) is 128 Å². The average Bonchev–Trinajstić information content (AvgIpc) is 1.51. The number of unbranched alkanes of at least 4 members (excludes halogenated alkanes) is 1. The van der Waals surface area contributed by atoms with Crippen LogP contribution in [0.1, 0.15) is 109 Å². The molecule has 5 atom stereocenters. The fourth-order valence-corrected chi connectivity index (χ4v) is 12.3. The number of carboxylic acids is 1. The Morgan fingerprint density at radius 1 is 0.717 bits per heavy atom. The SMILES string of the molecule is CC[C@@]1(O)C(=O)OCc2c1cc1n(c2=O)Cc2c-1nc1cc(F)c(C)c3c1c2[C@@H](NC(=O)OCc1ccc(NC(=O)[C@H](CCCCN)NC(=O)[C@H](Cc2ccccc2)NC(=O)C(CCC(=O)O)NC(=O)CCOCCOCCOCCOCCOCCOCCOCCOCCOCCN=[N+]=[N-])cc1)CC3. The van der Waals surface area contributed by atoms with Crippen molar-refractivity contribution in [3.63, 3.8) is 0 Å². The number of carbonyl (C=O) groups excluding carboxylic acids is 6. The van der Waals surface area contributed by atoms with Crippen molar-refractivity contribution >= 4 is 58.3 Å². The molecule has 3 aromatic carbocycles. The highest BCUT2D eigenvalue weighted by Crippen LogP contribution is 2.46. The molecule has 0 fully saturated rings. The summed E-state index contributed by atoms with van der Waals surface area (Å²) in [6.07, 6.45) is 0.0108. The number of aromatic nitrogens is 2. The van der Waals surface area contributed by atoms with Gasteiger partial charge in [-0.25, -0.2) is 19.0 Å². The van der Waals surface area contributed by atoms with Crippen LogP contribution in [0.3, 0.4) is 0 Å². The third-order valence-corrected chi connectivity index (χ3v) is 17.9. The number of pyridine rings is 2. The third kappa shape index (κ3) is 24.5. The second kappa shape index (κ2) is 43.5. The number of esters is 1. The Hall–Kier alpha value is -9.09. The van der Waals surface area contributed by atoms with Gasteiger partial charge in [0.05, 0.1) is 154 Å². The Kier molecular flexibility index (Phi) is 33.9. The van der Waals surface area contributed by atoms with Crippen LogP contribution in [0.25, 0.3) is 32.7 Å². The number of nitrogens with one attached hydrogen (secondary N) is 5.